The second-order valence-electron chi connectivity index (χ2n) is 9.05. The fraction of sp³-hybridized carbons (Fsp3) is 0.310. The monoisotopic (exact) mass is 438 g/mol. The number of hydrogen-bond donors (Lipinski definition) is 0. The van der Waals surface area contributed by atoms with Gasteiger partial charge in [-0.05, 0) is 60.7 Å². The first-order valence-corrected chi connectivity index (χ1v) is 11.8. The molecule has 4 heteroatoms. The van der Waals surface area contributed by atoms with Crippen LogP contribution in [0.15, 0.2) is 89.9 Å². The Kier molecular flexibility index (Phi) is 6.36. The van der Waals surface area contributed by atoms with E-state index in [1.807, 2.05) is 24.4 Å². The Labute approximate surface area is 195 Å². The zero-order chi connectivity index (χ0) is 22.6. The summed E-state index contributed by atoms with van der Waals surface area (Å²) in [6.45, 7) is 2.27. The van der Waals surface area contributed by atoms with E-state index in [4.69, 9.17) is 9.73 Å². The minimum Gasteiger partial charge on any atom is -0.465 e. The number of nitrogens with zero attached hydrogens (tertiary/aromatic N) is 2. The van der Waals surface area contributed by atoms with E-state index in [0.29, 0.717) is 17.5 Å². The number of carbonyl (C=O) groups is 1. The lowest BCUT2D eigenvalue weighted by atomic mass is 9.71. The highest BCUT2D eigenvalue weighted by Gasteiger charge is 2.46. The van der Waals surface area contributed by atoms with Gasteiger partial charge in [0.2, 0.25) is 0 Å². The highest BCUT2D eigenvalue weighted by atomic mass is 16.5. The van der Waals surface area contributed by atoms with Gasteiger partial charge in [0.05, 0.1) is 18.7 Å². The quantitative estimate of drug-likeness (QED) is 0.393. The Morgan fingerprint density at radius 1 is 0.939 bits per heavy atom. The summed E-state index contributed by atoms with van der Waals surface area (Å²) in [5.74, 6) is 0.521. The van der Waals surface area contributed by atoms with Crippen molar-refractivity contribution in [1.29, 1.82) is 0 Å². The molecule has 2 unspecified atom stereocenters. The first-order valence-electron chi connectivity index (χ1n) is 11.8. The van der Waals surface area contributed by atoms with Gasteiger partial charge in [0, 0.05) is 18.2 Å². The van der Waals surface area contributed by atoms with Crippen LogP contribution >= 0.6 is 0 Å². The maximum Gasteiger partial charge on any atom is 0.337 e. The van der Waals surface area contributed by atoms with Gasteiger partial charge in [-0.2, -0.15) is 0 Å². The number of carbonyl (C=O) groups excluding carboxylic acids is 1. The van der Waals surface area contributed by atoms with Crippen molar-refractivity contribution in [3.63, 3.8) is 0 Å². The van der Waals surface area contributed by atoms with Gasteiger partial charge in [-0.15, -0.1) is 0 Å². The predicted octanol–water partition coefficient (Wildman–Crippen LogP) is 5.19. The zero-order valence-electron chi connectivity index (χ0n) is 19.0. The molecule has 3 heterocycles. The van der Waals surface area contributed by atoms with E-state index in [0.717, 1.165) is 18.7 Å². The smallest absolute Gasteiger partial charge is 0.337 e. The number of ether oxygens (including phenoxy) is 1. The molecule has 0 amide bonds. The van der Waals surface area contributed by atoms with E-state index in [-0.39, 0.29) is 17.9 Å². The van der Waals surface area contributed by atoms with Crippen LogP contribution in [0.1, 0.15) is 45.8 Å². The van der Waals surface area contributed by atoms with Crippen LogP contribution in [0.25, 0.3) is 0 Å². The largest absolute Gasteiger partial charge is 0.465 e. The van der Waals surface area contributed by atoms with Gasteiger partial charge in [-0.1, -0.05) is 72.8 Å². The molecule has 0 aliphatic carbocycles. The Morgan fingerprint density at radius 2 is 1.58 bits per heavy atom. The van der Waals surface area contributed by atoms with Crippen LogP contribution < -0.4 is 0 Å². The average molecular weight is 439 g/mol. The maximum absolute atomic E-state index is 12.0. The summed E-state index contributed by atoms with van der Waals surface area (Å²) in [7, 11) is 1.41. The second-order valence-corrected chi connectivity index (χ2v) is 9.05. The third-order valence-electron chi connectivity index (χ3n) is 7.19. The first kappa shape index (κ1) is 21.6. The fourth-order valence-corrected chi connectivity index (χ4v) is 5.62. The molecule has 4 nitrogen and oxygen atoms in total. The highest BCUT2D eigenvalue weighted by molar-refractivity contribution is 5.92. The molecule has 3 aliphatic heterocycles. The van der Waals surface area contributed by atoms with Gasteiger partial charge < -0.3 is 4.74 Å². The number of aliphatic imine (C=N–C) groups is 1. The molecular weight excluding hydrogens is 408 g/mol. The van der Waals surface area contributed by atoms with E-state index < -0.39 is 0 Å². The Morgan fingerprint density at radius 3 is 2.18 bits per heavy atom. The van der Waals surface area contributed by atoms with Gasteiger partial charge >= 0.3 is 5.97 Å². The summed E-state index contributed by atoms with van der Waals surface area (Å²) < 4.78 is 4.88. The average Bonchev–Trinajstić information content (AvgIpc) is 2.89. The third-order valence-corrected chi connectivity index (χ3v) is 7.19. The SMILES string of the molecule is COC(=O)c1cccc(/C=N\C2C3CCN(CC3)C2C(c2ccccc2)c2ccccc2)c1. The number of rotatable bonds is 6. The van der Waals surface area contributed by atoms with Crippen molar-refractivity contribution in [2.75, 3.05) is 20.2 Å². The van der Waals surface area contributed by atoms with Crippen molar-refractivity contribution >= 4 is 12.2 Å². The number of hydrogen-bond acceptors (Lipinski definition) is 4. The first-order chi connectivity index (χ1) is 16.2. The van der Waals surface area contributed by atoms with Crippen LogP contribution in [-0.4, -0.2) is 49.4 Å². The summed E-state index contributed by atoms with van der Waals surface area (Å²) in [5, 5.41) is 0. The van der Waals surface area contributed by atoms with Gasteiger partial charge in [-0.3, -0.25) is 9.89 Å². The molecule has 3 aromatic carbocycles. The summed E-state index contributed by atoms with van der Waals surface area (Å²) in [6, 6.07) is 29.8. The van der Waals surface area contributed by atoms with E-state index in [1.165, 1.54) is 31.1 Å². The number of fused-ring (bicyclic) bond motifs is 3. The Hall–Kier alpha value is -3.24. The summed E-state index contributed by atoms with van der Waals surface area (Å²) in [5.41, 5.74) is 4.17. The van der Waals surface area contributed by atoms with E-state index in [1.54, 1.807) is 6.07 Å². The predicted molar refractivity (Wildman–Crippen MR) is 132 cm³/mol. The Bertz CT molecular complexity index is 1070. The van der Waals surface area contributed by atoms with Gasteiger partial charge in [0.1, 0.15) is 0 Å². The van der Waals surface area contributed by atoms with Crippen molar-refractivity contribution in [2.45, 2.75) is 30.8 Å². The standard InChI is InChI=1S/C29H30N2O2/c1-33-29(32)25-14-8-9-21(19-25)20-30-27-24-15-17-31(18-16-24)28(27)26(22-10-4-2-5-11-22)23-12-6-3-7-13-23/h2-14,19-20,24,26-28H,15-18H2,1H3/b30-20-. The third kappa shape index (κ3) is 4.49. The fourth-order valence-electron chi connectivity index (χ4n) is 5.62. The highest BCUT2D eigenvalue weighted by Crippen LogP contribution is 2.43. The minimum absolute atomic E-state index is 0.208. The molecule has 3 fully saturated rings. The van der Waals surface area contributed by atoms with Gasteiger partial charge in [-0.25, -0.2) is 4.79 Å². The number of esters is 1. The topological polar surface area (TPSA) is 41.9 Å². The lowest BCUT2D eigenvalue weighted by Gasteiger charge is -2.52. The molecule has 2 atom stereocenters. The van der Waals surface area contributed by atoms with Gasteiger partial charge in [0.25, 0.3) is 0 Å². The van der Waals surface area contributed by atoms with Crippen molar-refractivity contribution in [1.82, 2.24) is 4.90 Å². The summed E-state index contributed by atoms with van der Waals surface area (Å²) >= 11 is 0. The van der Waals surface area contributed by atoms with Crippen LogP contribution in [0.4, 0.5) is 0 Å². The molecule has 0 spiro atoms. The molecule has 3 aromatic rings. The normalized spacial score (nSPS) is 24.3. The molecule has 2 bridgehead atoms. The molecule has 0 aromatic heterocycles. The zero-order valence-corrected chi connectivity index (χ0v) is 19.0. The maximum atomic E-state index is 12.0. The molecule has 168 valence electrons. The van der Waals surface area contributed by atoms with Crippen molar-refractivity contribution in [3.8, 4) is 0 Å². The molecule has 3 aliphatic rings. The lowest BCUT2D eigenvalue weighted by Crippen LogP contribution is -2.59. The van der Waals surface area contributed by atoms with Crippen LogP contribution in [0.5, 0.6) is 0 Å². The molecule has 3 saturated heterocycles. The summed E-state index contributed by atoms with van der Waals surface area (Å²) in [4.78, 5) is 19.8. The molecule has 0 saturated carbocycles. The van der Waals surface area contributed by atoms with E-state index >= 15 is 0 Å². The molecule has 6 rings (SSSR count). The minimum atomic E-state index is -0.320. The van der Waals surface area contributed by atoms with Crippen LogP contribution in [-0.2, 0) is 4.74 Å². The van der Waals surface area contributed by atoms with Crippen molar-refractivity contribution in [3.05, 3.63) is 107 Å². The van der Waals surface area contributed by atoms with E-state index in [9.17, 15) is 4.79 Å². The number of methoxy groups -OCH3 is 1. The van der Waals surface area contributed by atoms with Crippen LogP contribution in [0.2, 0.25) is 0 Å². The van der Waals surface area contributed by atoms with Crippen LogP contribution in [0, 0.1) is 5.92 Å². The van der Waals surface area contributed by atoms with Crippen molar-refractivity contribution in [2.24, 2.45) is 10.9 Å². The lowest BCUT2D eigenvalue weighted by molar-refractivity contribution is 0.0215. The molecule has 0 radical (unpaired) electrons. The van der Waals surface area contributed by atoms with E-state index in [2.05, 4.69) is 65.6 Å². The second kappa shape index (κ2) is 9.72. The summed E-state index contributed by atoms with van der Waals surface area (Å²) in [6.07, 6.45) is 4.34. The molecule has 33 heavy (non-hydrogen) atoms. The molecule has 0 N–H and O–H groups in total. The van der Waals surface area contributed by atoms with Crippen molar-refractivity contribution < 1.29 is 9.53 Å². The molecular formula is C29H30N2O2. The number of benzene rings is 3. The van der Waals surface area contributed by atoms with Gasteiger partial charge in [0.15, 0.2) is 0 Å². The number of piperidine rings is 3. The van der Waals surface area contributed by atoms with Crippen LogP contribution in [0.3, 0.4) is 0 Å². The Balaban J connectivity index is 1.52.